The monoisotopic (exact) mass is 451 g/mol. The van der Waals surface area contributed by atoms with Crippen LogP contribution < -0.4 is 5.32 Å². The van der Waals surface area contributed by atoms with Gasteiger partial charge in [0.05, 0.1) is 30.2 Å². The van der Waals surface area contributed by atoms with E-state index in [9.17, 15) is 9.59 Å². The fraction of sp³-hybridized carbons (Fsp3) is 0.500. The fourth-order valence-corrected chi connectivity index (χ4v) is 4.92. The summed E-state index contributed by atoms with van der Waals surface area (Å²) >= 11 is 0. The Morgan fingerprint density at radius 2 is 1.79 bits per heavy atom. The number of morpholine rings is 1. The molecule has 1 aromatic heterocycles. The average molecular weight is 452 g/mol. The molecular weight excluding hydrogens is 418 g/mol. The number of aryl methyl sites for hydroxylation is 1. The maximum absolute atomic E-state index is 12.6. The van der Waals surface area contributed by atoms with Crippen LogP contribution in [0.4, 0.5) is 0 Å². The third-order valence-electron chi connectivity index (χ3n) is 6.79. The maximum Gasteiger partial charge on any atom is 0.340 e. The summed E-state index contributed by atoms with van der Waals surface area (Å²) < 4.78 is 10.8. The number of pyridine rings is 1. The predicted molar refractivity (Wildman–Crippen MR) is 126 cm³/mol. The standard InChI is InChI=1S/C26H33N3O4/c1-20-22(10-11-23(28-20)21-8-4-2-5-9-21)25(31)33-18-24(30)27-19-26(12-6-3-7-13-26)29-14-16-32-17-15-29/h2,4-5,8-11H,3,6-7,12-19H2,1H3,(H,27,30). The van der Waals surface area contributed by atoms with E-state index in [0.717, 1.165) is 50.4 Å². The molecule has 0 spiro atoms. The van der Waals surface area contributed by atoms with Crippen molar-refractivity contribution in [2.24, 2.45) is 0 Å². The van der Waals surface area contributed by atoms with Gasteiger partial charge in [0.25, 0.3) is 5.91 Å². The zero-order valence-corrected chi connectivity index (χ0v) is 19.3. The number of rotatable bonds is 7. The average Bonchev–Trinajstić information content (AvgIpc) is 2.87. The first-order valence-corrected chi connectivity index (χ1v) is 11.9. The summed E-state index contributed by atoms with van der Waals surface area (Å²) in [7, 11) is 0. The molecule has 0 atom stereocenters. The summed E-state index contributed by atoms with van der Waals surface area (Å²) in [5.74, 6) is -0.802. The van der Waals surface area contributed by atoms with Gasteiger partial charge in [-0.1, -0.05) is 49.6 Å². The van der Waals surface area contributed by atoms with Crippen LogP contribution in [0.25, 0.3) is 11.3 Å². The zero-order chi connectivity index (χ0) is 23.1. The molecule has 2 aromatic rings. The lowest BCUT2D eigenvalue weighted by molar-refractivity contribution is -0.125. The van der Waals surface area contributed by atoms with E-state index in [0.29, 0.717) is 17.8 Å². The largest absolute Gasteiger partial charge is 0.452 e. The number of benzene rings is 1. The molecule has 7 heteroatoms. The summed E-state index contributed by atoms with van der Waals surface area (Å²) in [5, 5.41) is 3.03. The van der Waals surface area contributed by atoms with Gasteiger partial charge in [-0.25, -0.2) is 4.79 Å². The Hall–Kier alpha value is -2.77. The third kappa shape index (κ3) is 5.78. The van der Waals surface area contributed by atoms with Crippen LogP contribution in [0.1, 0.15) is 48.2 Å². The van der Waals surface area contributed by atoms with E-state index in [1.807, 2.05) is 30.3 Å². The molecule has 0 bridgehead atoms. The highest BCUT2D eigenvalue weighted by Gasteiger charge is 2.38. The fourth-order valence-electron chi connectivity index (χ4n) is 4.92. The van der Waals surface area contributed by atoms with Crippen molar-refractivity contribution in [1.29, 1.82) is 0 Å². The van der Waals surface area contributed by atoms with Gasteiger partial charge in [-0.05, 0) is 31.9 Å². The molecule has 2 fully saturated rings. The normalized spacial score (nSPS) is 18.5. The van der Waals surface area contributed by atoms with Crippen LogP contribution in [-0.4, -0.2) is 66.8 Å². The van der Waals surface area contributed by atoms with E-state index in [1.165, 1.54) is 19.3 Å². The molecule has 2 aliphatic rings. The lowest BCUT2D eigenvalue weighted by atomic mass is 9.79. The molecule has 4 rings (SSSR count). The number of carbonyl (C=O) groups is 2. The summed E-state index contributed by atoms with van der Waals surface area (Å²) in [4.78, 5) is 32.1. The molecule has 33 heavy (non-hydrogen) atoms. The van der Waals surface area contributed by atoms with Gasteiger partial charge in [-0.3, -0.25) is 14.7 Å². The molecule has 0 unspecified atom stereocenters. The minimum atomic E-state index is -0.532. The Morgan fingerprint density at radius 1 is 1.06 bits per heavy atom. The van der Waals surface area contributed by atoms with Gasteiger partial charge in [0.1, 0.15) is 0 Å². The van der Waals surface area contributed by atoms with Gasteiger partial charge in [-0.15, -0.1) is 0 Å². The van der Waals surface area contributed by atoms with Gasteiger partial charge in [0.15, 0.2) is 6.61 Å². The van der Waals surface area contributed by atoms with E-state index in [2.05, 4.69) is 15.2 Å². The molecule has 1 aliphatic carbocycles. The van der Waals surface area contributed by atoms with Gasteiger partial charge >= 0.3 is 5.97 Å². The maximum atomic E-state index is 12.6. The van der Waals surface area contributed by atoms with Gasteiger partial charge in [-0.2, -0.15) is 0 Å². The second kappa shape index (κ2) is 10.9. The summed E-state index contributed by atoms with van der Waals surface area (Å²) in [5.41, 5.74) is 2.71. The number of carbonyl (C=O) groups excluding carboxylic acids is 2. The molecule has 0 radical (unpaired) electrons. The van der Waals surface area contributed by atoms with Crippen molar-refractivity contribution in [2.75, 3.05) is 39.5 Å². The third-order valence-corrected chi connectivity index (χ3v) is 6.79. The van der Waals surface area contributed by atoms with E-state index in [-0.39, 0.29) is 18.1 Å². The van der Waals surface area contributed by atoms with E-state index < -0.39 is 5.97 Å². The number of aromatic nitrogens is 1. The first-order chi connectivity index (χ1) is 16.1. The number of nitrogens with zero attached hydrogens (tertiary/aromatic N) is 2. The quantitative estimate of drug-likeness (QED) is 0.650. The number of amides is 1. The Labute approximate surface area is 195 Å². The summed E-state index contributed by atoms with van der Waals surface area (Å²) in [6.45, 7) is 5.34. The number of hydrogen-bond acceptors (Lipinski definition) is 6. The van der Waals surface area contributed by atoms with Crippen LogP contribution in [0.15, 0.2) is 42.5 Å². The van der Waals surface area contributed by atoms with Crippen LogP contribution in [0, 0.1) is 6.92 Å². The number of ether oxygens (including phenoxy) is 2. The van der Waals surface area contributed by atoms with Crippen LogP contribution in [0.2, 0.25) is 0 Å². The van der Waals surface area contributed by atoms with Crippen molar-refractivity contribution in [1.82, 2.24) is 15.2 Å². The Balaban J connectivity index is 1.31. The number of hydrogen-bond donors (Lipinski definition) is 1. The highest BCUT2D eigenvalue weighted by molar-refractivity contribution is 5.92. The van der Waals surface area contributed by atoms with Crippen molar-refractivity contribution in [2.45, 2.75) is 44.6 Å². The molecule has 1 saturated heterocycles. The van der Waals surface area contributed by atoms with Crippen molar-refractivity contribution in [3.05, 3.63) is 53.7 Å². The van der Waals surface area contributed by atoms with Crippen molar-refractivity contribution >= 4 is 11.9 Å². The Kier molecular flexibility index (Phi) is 7.73. The lowest BCUT2D eigenvalue weighted by Gasteiger charge is -2.48. The summed E-state index contributed by atoms with van der Waals surface area (Å²) in [6.07, 6.45) is 5.74. The van der Waals surface area contributed by atoms with E-state index in [1.54, 1.807) is 19.1 Å². The molecule has 1 saturated carbocycles. The number of nitrogens with one attached hydrogen (secondary N) is 1. The number of esters is 1. The smallest absolute Gasteiger partial charge is 0.340 e. The first kappa shape index (κ1) is 23.4. The molecule has 1 amide bonds. The zero-order valence-electron chi connectivity index (χ0n) is 19.3. The molecule has 7 nitrogen and oxygen atoms in total. The van der Waals surface area contributed by atoms with Gasteiger partial charge in [0.2, 0.25) is 0 Å². The molecule has 1 aromatic carbocycles. The molecule has 176 valence electrons. The topological polar surface area (TPSA) is 80.8 Å². The van der Waals surface area contributed by atoms with Crippen LogP contribution in [-0.2, 0) is 14.3 Å². The van der Waals surface area contributed by atoms with Gasteiger partial charge in [0, 0.05) is 30.7 Å². The lowest BCUT2D eigenvalue weighted by Crippen LogP contribution is -2.59. The SMILES string of the molecule is Cc1nc(-c2ccccc2)ccc1C(=O)OCC(=O)NCC1(N2CCOCC2)CCCCC1. The molecular formula is C26H33N3O4. The van der Waals surface area contributed by atoms with Crippen molar-refractivity contribution in [3.63, 3.8) is 0 Å². The molecule has 1 N–H and O–H groups in total. The minimum Gasteiger partial charge on any atom is -0.452 e. The van der Waals surface area contributed by atoms with E-state index in [4.69, 9.17) is 9.47 Å². The Morgan fingerprint density at radius 3 is 2.48 bits per heavy atom. The predicted octanol–water partition coefficient (Wildman–Crippen LogP) is 3.37. The second-order valence-electron chi connectivity index (χ2n) is 8.93. The second-order valence-corrected chi connectivity index (χ2v) is 8.93. The summed E-state index contributed by atoms with van der Waals surface area (Å²) in [6, 6.07) is 13.3. The Bertz CT molecular complexity index is 951. The van der Waals surface area contributed by atoms with Crippen molar-refractivity contribution < 1.29 is 19.1 Å². The van der Waals surface area contributed by atoms with Crippen LogP contribution in [0.3, 0.4) is 0 Å². The highest BCUT2D eigenvalue weighted by atomic mass is 16.5. The van der Waals surface area contributed by atoms with Crippen molar-refractivity contribution in [3.8, 4) is 11.3 Å². The van der Waals surface area contributed by atoms with Crippen LogP contribution in [0.5, 0.6) is 0 Å². The van der Waals surface area contributed by atoms with Gasteiger partial charge < -0.3 is 14.8 Å². The molecule has 1 aliphatic heterocycles. The minimum absolute atomic E-state index is 0.0184. The highest BCUT2D eigenvalue weighted by Crippen LogP contribution is 2.33. The van der Waals surface area contributed by atoms with Crippen LogP contribution >= 0.6 is 0 Å². The van der Waals surface area contributed by atoms with E-state index >= 15 is 0 Å². The molecule has 2 heterocycles. The first-order valence-electron chi connectivity index (χ1n) is 11.9.